The van der Waals surface area contributed by atoms with Gasteiger partial charge in [-0.25, -0.2) is 0 Å². The van der Waals surface area contributed by atoms with Crippen molar-refractivity contribution >= 4 is 12.0 Å². The van der Waals surface area contributed by atoms with Crippen LogP contribution in [0.2, 0.25) is 0 Å². The van der Waals surface area contributed by atoms with E-state index in [0.29, 0.717) is 43.6 Å². The Kier molecular flexibility index (Phi) is 8.72. The monoisotopic (exact) mass is 496 g/mol. The molecule has 1 amide bonds. The minimum atomic E-state index is 0.147. The lowest BCUT2D eigenvalue weighted by atomic mass is 9.91. The quantitative estimate of drug-likeness (QED) is 0.467. The summed E-state index contributed by atoms with van der Waals surface area (Å²) < 4.78 is 27.2. The lowest BCUT2D eigenvalue weighted by Gasteiger charge is -2.35. The lowest BCUT2D eigenvalue weighted by molar-refractivity contribution is -0.129. The molecule has 1 heterocycles. The van der Waals surface area contributed by atoms with Crippen LogP contribution in [0.15, 0.2) is 35.9 Å². The topological polar surface area (TPSA) is 69.7 Å². The molecule has 0 radical (unpaired) electrons. The van der Waals surface area contributed by atoms with Gasteiger partial charge in [-0.05, 0) is 59.9 Å². The summed E-state index contributed by atoms with van der Waals surface area (Å²) in [4.78, 5) is 17.6. The van der Waals surface area contributed by atoms with E-state index < -0.39 is 0 Å². The van der Waals surface area contributed by atoms with Gasteiger partial charge in [0.15, 0.2) is 11.5 Å². The summed E-state index contributed by atoms with van der Waals surface area (Å²) in [7, 11) is 6.51. The summed E-state index contributed by atoms with van der Waals surface area (Å²) in [5, 5.41) is 0. The standard InChI is InChI=1S/C28H36N2O6/c1-32-13-14-36-24-8-7-21-17-23(6-5-22(21)18-24)28(31)30-11-9-29(10-12-30)19-20-15-25(33-2)27(35-4)26(16-20)34-3/h7-8,15-18H,5-6,9-14,19H2,1-4H3. The van der Waals surface area contributed by atoms with Crippen LogP contribution in [0.4, 0.5) is 0 Å². The van der Waals surface area contributed by atoms with Gasteiger partial charge in [0, 0.05) is 45.4 Å². The third kappa shape index (κ3) is 5.94. The minimum Gasteiger partial charge on any atom is -0.493 e. The second-order valence-electron chi connectivity index (χ2n) is 8.97. The Morgan fingerprint density at radius 2 is 1.58 bits per heavy atom. The first kappa shape index (κ1) is 25.9. The van der Waals surface area contributed by atoms with Crippen LogP contribution < -0.4 is 18.9 Å². The fraction of sp³-hybridized carbons (Fsp3) is 0.464. The van der Waals surface area contributed by atoms with E-state index in [-0.39, 0.29) is 5.91 Å². The molecule has 0 unspecified atom stereocenters. The molecule has 0 saturated carbocycles. The van der Waals surface area contributed by atoms with E-state index in [4.69, 9.17) is 23.7 Å². The van der Waals surface area contributed by atoms with Gasteiger partial charge < -0.3 is 28.6 Å². The zero-order valence-electron chi connectivity index (χ0n) is 21.7. The van der Waals surface area contributed by atoms with E-state index >= 15 is 0 Å². The summed E-state index contributed by atoms with van der Waals surface area (Å²) in [6.07, 6.45) is 3.64. The number of piperazine rings is 1. The molecule has 194 valence electrons. The fourth-order valence-corrected chi connectivity index (χ4v) is 4.77. The van der Waals surface area contributed by atoms with Crippen molar-refractivity contribution in [3.63, 3.8) is 0 Å². The van der Waals surface area contributed by atoms with Crippen LogP contribution in [0.1, 0.15) is 23.1 Å². The maximum Gasteiger partial charge on any atom is 0.249 e. The molecule has 0 N–H and O–H groups in total. The van der Waals surface area contributed by atoms with Gasteiger partial charge in [-0.1, -0.05) is 6.07 Å². The van der Waals surface area contributed by atoms with Crippen molar-refractivity contribution in [3.05, 3.63) is 52.6 Å². The van der Waals surface area contributed by atoms with Crippen molar-refractivity contribution in [2.75, 3.05) is 67.8 Å². The Morgan fingerprint density at radius 1 is 0.861 bits per heavy atom. The van der Waals surface area contributed by atoms with Crippen molar-refractivity contribution in [2.24, 2.45) is 0 Å². The molecular formula is C28H36N2O6. The molecule has 0 bridgehead atoms. The van der Waals surface area contributed by atoms with Gasteiger partial charge in [0.25, 0.3) is 0 Å². The van der Waals surface area contributed by atoms with Crippen LogP contribution in [-0.4, -0.2) is 83.5 Å². The van der Waals surface area contributed by atoms with Crippen molar-refractivity contribution in [2.45, 2.75) is 19.4 Å². The lowest BCUT2D eigenvalue weighted by Crippen LogP contribution is -2.48. The molecular weight excluding hydrogens is 460 g/mol. The zero-order valence-corrected chi connectivity index (χ0v) is 21.7. The largest absolute Gasteiger partial charge is 0.493 e. The van der Waals surface area contributed by atoms with Gasteiger partial charge >= 0.3 is 0 Å². The molecule has 4 rings (SSSR count). The third-order valence-electron chi connectivity index (χ3n) is 6.73. The van der Waals surface area contributed by atoms with Crippen LogP contribution in [-0.2, 0) is 22.5 Å². The number of hydrogen-bond donors (Lipinski definition) is 0. The van der Waals surface area contributed by atoms with Gasteiger partial charge in [-0.15, -0.1) is 0 Å². The zero-order chi connectivity index (χ0) is 25.5. The molecule has 1 saturated heterocycles. The molecule has 0 spiro atoms. The number of nitrogens with zero attached hydrogens (tertiary/aromatic N) is 2. The van der Waals surface area contributed by atoms with E-state index in [2.05, 4.69) is 11.0 Å². The first-order valence-corrected chi connectivity index (χ1v) is 12.3. The summed E-state index contributed by atoms with van der Waals surface area (Å²) in [6.45, 7) is 4.89. The SMILES string of the molecule is COCCOc1ccc2c(c1)CCC(C(=O)N1CCN(Cc3cc(OC)c(OC)c(OC)c3)CC1)=C2. The van der Waals surface area contributed by atoms with Crippen molar-refractivity contribution < 1.29 is 28.5 Å². The third-order valence-corrected chi connectivity index (χ3v) is 6.73. The van der Waals surface area contributed by atoms with E-state index in [1.165, 1.54) is 5.56 Å². The Morgan fingerprint density at radius 3 is 2.22 bits per heavy atom. The highest BCUT2D eigenvalue weighted by Gasteiger charge is 2.26. The van der Waals surface area contributed by atoms with Crippen LogP contribution in [0.5, 0.6) is 23.0 Å². The Balaban J connectivity index is 1.34. The highest BCUT2D eigenvalue weighted by molar-refractivity contribution is 5.98. The number of aryl methyl sites for hydroxylation is 1. The summed E-state index contributed by atoms with van der Waals surface area (Å²) in [5.74, 6) is 2.89. The van der Waals surface area contributed by atoms with Gasteiger partial charge in [-0.2, -0.15) is 0 Å². The van der Waals surface area contributed by atoms with Gasteiger partial charge in [-0.3, -0.25) is 9.69 Å². The molecule has 8 heteroatoms. The van der Waals surface area contributed by atoms with Crippen molar-refractivity contribution in [3.8, 4) is 23.0 Å². The molecule has 2 aromatic rings. The van der Waals surface area contributed by atoms with Crippen LogP contribution in [0.25, 0.3) is 6.08 Å². The van der Waals surface area contributed by atoms with E-state index in [9.17, 15) is 4.79 Å². The van der Waals surface area contributed by atoms with E-state index in [1.807, 2.05) is 35.2 Å². The smallest absolute Gasteiger partial charge is 0.249 e. The molecule has 2 aromatic carbocycles. The number of hydrogen-bond acceptors (Lipinski definition) is 7. The normalized spacial score (nSPS) is 15.7. The average Bonchev–Trinajstić information content (AvgIpc) is 2.92. The van der Waals surface area contributed by atoms with E-state index in [1.54, 1.807) is 28.4 Å². The van der Waals surface area contributed by atoms with Gasteiger partial charge in [0.2, 0.25) is 11.7 Å². The number of carbonyl (C=O) groups is 1. The predicted molar refractivity (Wildman–Crippen MR) is 138 cm³/mol. The number of rotatable bonds is 10. The summed E-state index contributed by atoms with van der Waals surface area (Å²) >= 11 is 0. The fourth-order valence-electron chi connectivity index (χ4n) is 4.77. The molecule has 0 atom stereocenters. The highest BCUT2D eigenvalue weighted by Crippen LogP contribution is 2.38. The second-order valence-corrected chi connectivity index (χ2v) is 8.97. The Hall–Kier alpha value is -3.23. The number of ether oxygens (including phenoxy) is 5. The number of fused-ring (bicyclic) bond motifs is 1. The summed E-state index contributed by atoms with van der Waals surface area (Å²) in [6, 6.07) is 10.0. The number of amides is 1. The van der Waals surface area contributed by atoms with Crippen LogP contribution >= 0.6 is 0 Å². The van der Waals surface area contributed by atoms with Crippen LogP contribution in [0.3, 0.4) is 0 Å². The molecule has 2 aliphatic rings. The maximum atomic E-state index is 13.3. The molecule has 1 aliphatic carbocycles. The minimum absolute atomic E-state index is 0.147. The summed E-state index contributed by atoms with van der Waals surface area (Å²) in [5.41, 5.74) is 4.29. The predicted octanol–water partition coefficient (Wildman–Crippen LogP) is 3.41. The number of methoxy groups -OCH3 is 4. The van der Waals surface area contributed by atoms with Crippen molar-refractivity contribution in [1.82, 2.24) is 9.80 Å². The average molecular weight is 497 g/mol. The number of benzene rings is 2. The van der Waals surface area contributed by atoms with Crippen molar-refractivity contribution in [1.29, 1.82) is 0 Å². The van der Waals surface area contributed by atoms with Gasteiger partial charge in [0.1, 0.15) is 12.4 Å². The van der Waals surface area contributed by atoms with Crippen LogP contribution in [0, 0.1) is 0 Å². The first-order valence-electron chi connectivity index (χ1n) is 12.3. The molecule has 1 fully saturated rings. The molecule has 36 heavy (non-hydrogen) atoms. The molecule has 1 aliphatic heterocycles. The first-order chi connectivity index (χ1) is 17.6. The highest BCUT2D eigenvalue weighted by atomic mass is 16.5. The Labute approximate surface area is 213 Å². The Bertz CT molecular complexity index is 1070. The molecule has 8 nitrogen and oxygen atoms in total. The second kappa shape index (κ2) is 12.1. The maximum absolute atomic E-state index is 13.3. The number of carbonyl (C=O) groups excluding carboxylic acids is 1. The van der Waals surface area contributed by atoms with E-state index in [0.717, 1.165) is 54.9 Å². The van der Waals surface area contributed by atoms with Gasteiger partial charge in [0.05, 0.1) is 27.9 Å². The molecule has 0 aromatic heterocycles.